The second kappa shape index (κ2) is 5.47. The van der Waals surface area contributed by atoms with Crippen molar-refractivity contribution >= 4 is 17.3 Å². The zero-order valence-electron chi connectivity index (χ0n) is 11.0. The molecule has 2 rings (SSSR count). The molecule has 1 aliphatic rings. The maximum atomic E-state index is 10.3. The van der Waals surface area contributed by atoms with Crippen molar-refractivity contribution < 1.29 is 5.11 Å². The normalized spacial score (nSPS) is 19.0. The number of halogens is 1. The van der Waals surface area contributed by atoms with E-state index in [1.807, 2.05) is 19.2 Å². The topological polar surface area (TPSA) is 35.5 Å². The highest BCUT2D eigenvalue weighted by atomic mass is 35.5. The van der Waals surface area contributed by atoms with Gasteiger partial charge in [0.15, 0.2) is 0 Å². The lowest BCUT2D eigenvalue weighted by Gasteiger charge is -2.39. The number of hydrogen-bond acceptors (Lipinski definition) is 3. The van der Waals surface area contributed by atoms with E-state index in [2.05, 4.69) is 23.2 Å². The minimum Gasteiger partial charge on any atom is -0.388 e. The zero-order chi connectivity index (χ0) is 13.2. The van der Waals surface area contributed by atoms with Crippen LogP contribution in [0.25, 0.3) is 0 Å². The molecule has 0 unspecified atom stereocenters. The minimum absolute atomic E-state index is 0.550. The summed E-state index contributed by atoms with van der Waals surface area (Å²) < 4.78 is 0. The molecule has 0 aliphatic carbocycles. The average molecular weight is 269 g/mol. The lowest BCUT2D eigenvalue weighted by molar-refractivity contribution is 0.0185. The van der Waals surface area contributed by atoms with E-state index in [1.165, 1.54) is 11.3 Å². The lowest BCUT2D eigenvalue weighted by Crippen LogP contribution is -2.49. The molecule has 18 heavy (non-hydrogen) atoms. The van der Waals surface area contributed by atoms with Crippen molar-refractivity contribution in [3.05, 3.63) is 28.8 Å². The van der Waals surface area contributed by atoms with Crippen LogP contribution in [0.3, 0.4) is 0 Å². The molecule has 0 spiro atoms. The van der Waals surface area contributed by atoms with E-state index in [4.69, 9.17) is 11.6 Å². The Morgan fingerprint density at radius 2 is 2.06 bits per heavy atom. The molecule has 3 nitrogen and oxygen atoms in total. The Kier molecular flexibility index (Phi) is 4.15. The van der Waals surface area contributed by atoms with Crippen LogP contribution in [0, 0.1) is 6.92 Å². The highest BCUT2D eigenvalue weighted by Gasteiger charge is 2.31. The van der Waals surface area contributed by atoms with Gasteiger partial charge >= 0.3 is 0 Å². The Morgan fingerprint density at radius 3 is 2.61 bits per heavy atom. The summed E-state index contributed by atoms with van der Waals surface area (Å²) in [5.74, 6) is 0. The van der Waals surface area contributed by atoms with Gasteiger partial charge in [0.05, 0.1) is 5.60 Å². The van der Waals surface area contributed by atoms with E-state index in [9.17, 15) is 5.11 Å². The van der Waals surface area contributed by atoms with Crippen molar-refractivity contribution in [1.29, 1.82) is 0 Å². The molecule has 1 aliphatic heterocycles. The Bertz CT molecular complexity index is 414. The third kappa shape index (κ3) is 2.97. The van der Waals surface area contributed by atoms with E-state index in [0.717, 1.165) is 31.0 Å². The maximum Gasteiger partial charge on any atom is 0.0805 e. The summed E-state index contributed by atoms with van der Waals surface area (Å²) in [5, 5.41) is 14.2. The number of aryl methyl sites for hydroxylation is 1. The third-order valence-electron chi connectivity index (χ3n) is 3.70. The summed E-state index contributed by atoms with van der Waals surface area (Å²) >= 11 is 5.98. The van der Waals surface area contributed by atoms with Gasteiger partial charge in [-0.15, -0.1) is 0 Å². The second-order valence-electron chi connectivity index (χ2n) is 5.17. The van der Waals surface area contributed by atoms with Gasteiger partial charge in [0.1, 0.15) is 0 Å². The zero-order valence-corrected chi connectivity index (χ0v) is 11.8. The van der Waals surface area contributed by atoms with Crippen molar-refractivity contribution in [2.24, 2.45) is 0 Å². The van der Waals surface area contributed by atoms with Gasteiger partial charge < -0.3 is 15.3 Å². The van der Waals surface area contributed by atoms with Gasteiger partial charge in [-0.1, -0.05) is 11.6 Å². The van der Waals surface area contributed by atoms with Gasteiger partial charge in [-0.05, 0) is 50.6 Å². The Labute approximate surface area is 114 Å². The SMILES string of the molecule is CNCC1(O)CCN(c2ccc(Cl)cc2C)CC1. The molecule has 0 saturated carbocycles. The second-order valence-corrected chi connectivity index (χ2v) is 5.61. The molecule has 1 heterocycles. The van der Waals surface area contributed by atoms with Gasteiger partial charge in [0.2, 0.25) is 0 Å². The fourth-order valence-corrected chi connectivity index (χ4v) is 2.87. The van der Waals surface area contributed by atoms with Crippen LogP contribution in [0.1, 0.15) is 18.4 Å². The third-order valence-corrected chi connectivity index (χ3v) is 3.93. The summed E-state index contributed by atoms with van der Waals surface area (Å²) in [4.78, 5) is 2.33. The number of anilines is 1. The smallest absolute Gasteiger partial charge is 0.0805 e. The van der Waals surface area contributed by atoms with Crippen LogP contribution < -0.4 is 10.2 Å². The maximum absolute atomic E-state index is 10.3. The predicted molar refractivity (Wildman–Crippen MR) is 76.5 cm³/mol. The lowest BCUT2D eigenvalue weighted by atomic mass is 9.91. The first-order valence-electron chi connectivity index (χ1n) is 6.42. The Morgan fingerprint density at radius 1 is 1.39 bits per heavy atom. The Balaban J connectivity index is 2.05. The van der Waals surface area contributed by atoms with Gasteiger partial charge in [-0.2, -0.15) is 0 Å². The van der Waals surface area contributed by atoms with Crippen LogP contribution >= 0.6 is 11.6 Å². The van der Waals surface area contributed by atoms with Crippen molar-refractivity contribution in [2.75, 3.05) is 31.6 Å². The summed E-state index contributed by atoms with van der Waals surface area (Å²) in [7, 11) is 1.88. The predicted octanol–water partition coefficient (Wildman–Crippen LogP) is 2.20. The van der Waals surface area contributed by atoms with Crippen molar-refractivity contribution in [1.82, 2.24) is 5.32 Å². The van der Waals surface area contributed by atoms with Gasteiger partial charge in [-0.3, -0.25) is 0 Å². The first-order valence-corrected chi connectivity index (χ1v) is 6.80. The van der Waals surface area contributed by atoms with Crippen LogP contribution in [0.15, 0.2) is 18.2 Å². The fourth-order valence-electron chi connectivity index (χ4n) is 2.64. The number of likely N-dealkylation sites (N-methyl/N-ethyl adjacent to an activating group) is 1. The standard InChI is InChI=1S/C14H21ClN2O/c1-11-9-12(15)3-4-13(11)17-7-5-14(18,6-8-17)10-16-2/h3-4,9,16,18H,5-8,10H2,1-2H3. The molecule has 1 aromatic carbocycles. The first kappa shape index (κ1) is 13.7. The molecule has 1 aromatic rings. The first-order chi connectivity index (χ1) is 8.54. The van der Waals surface area contributed by atoms with Crippen molar-refractivity contribution in [3.63, 3.8) is 0 Å². The van der Waals surface area contributed by atoms with E-state index < -0.39 is 5.60 Å². The number of nitrogens with zero attached hydrogens (tertiary/aromatic N) is 1. The molecule has 1 fully saturated rings. The summed E-state index contributed by atoms with van der Waals surface area (Å²) in [5.41, 5.74) is 1.87. The number of aliphatic hydroxyl groups is 1. The summed E-state index contributed by atoms with van der Waals surface area (Å²) in [6.45, 7) is 4.53. The van der Waals surface area contributed by atoms with Crippen LogP contribution in [-0.4, -0.2) is 37.4 Å². The van der Waals surface area contributed by atoms with E-state index >= 15 is 0 Å². The number of hydrogen-bond donors (Lipinski definition) is 2. The van der Waals surface area contributed by atoms with E-state index in [1.54, 1.807) is 0 Å². The fraction of sp³-hybridized carbons (Fsp3) is 0.571. The van der Waals surface area contributed by atoms with Gasteiger partial charge in [0.25, 0.3) is 0 Å². The number of nitrogens with one attached hydrogen (secondary N) is 1. The Hall–Kier alpha value is -0.770. The van der Waals surface area contributed by atoms with Gasteiger partial charge in [-0.25, -0.2) is 0 Å². The van der Waals surface area contributed by atoms with Crippen LogP contribution in [0.5, 0.6) is 0 Å². The van der Waals surface area contributed by atoms with Gasteiger partial charge in [0, 0.05) is 30.3 Å². The van der Waals surface area contributed by atoms with Crippen LogP contribution in [0.4, 0.5) is 5.69 Å². The van der Waals surface area contributed by atoms with E-state index in [-0.39, 0.29) is 0 Å². The van der Waals surface area contributed by atoms with Crippen LogP contribution in [-0.2, 0) is 0 Å². The van der Waals surface area contributed by atoms with Crippen molar-refractivity contribution in [3.8, 4) is 0 Å². The molecular weight excluding hydrogens is 248 g/mol. The molecule has 0 atom stereocenters. The number of piperidine rings is 1. The molecule has 4 heteroatoms. The molecule has 0 bridgehead atoms. The number of rotatable bonds is 3. The largest absolute Gasteiger partial charge is 0.388 e. The van der Waals surface area contributed by atoms with E-state index in [0.29, 0.717) is 6.54 Å². The van der Waals surface area contributed by atoms with Crippen LogP contribution in [0.2, 0.25) is 5.02 Å². The average Bonchev–Trinajstić information content (AvgIpc) is 2.31. The quantitative estimate of drug-likeness (QED) is 0.882. The highest BCUT2D eigenvalue weighted by Crippen LogP contribution is 2.29. The monoisotopic (exact) mass is 268 g/mol. The molecule has 0 aromatic heterocycles. The molecule has 2 N–H and O–H groups in total. The molecule has 0 radical (unpaired) electrons. The molecule has 100 valence electrons. The molecular formula is C14H21ClN2O. The number of benzene rings is 1. The summed E-state index contributed by atoms with van der Waals surface area (Å²) in [6.07, 6.45) is 1.60. The molecule has 1 saturated heterocycles. The summed E-state index contributed by atoms with van der Waals surface area (Å²) in [6, 6.07) is 5.99. The highest BCUT2D eigenvalue weighted by molar-refractivity contribution is 6.30. The molecule has 0 amide bonds. The minimum atomic E-state index is -0.550. The van der Waals surface area contributed by atoms with Crippen molar-refractivity contribution in [2.45, 2.75) is 25.4 Å².